The van der Waals surface area contributed by atoms with Crippen LogP contribution in [0, 0.1) is 5.41 Å². The maximum atomic E-state index is 12.3. The average Bonchev–Trinajstić information content (AvgIpc) is 3.02. The minimum atomic E-state index is -0.646. The fourth-order valence-corrected chi connectivity index (χ4v) is 1.89. The highest BCUT2D eigenvalue weighted by Gasteiger charge is 2.29. The van der Waals surface area contributed by atoms with Crippen molar-refractivity contribution in [1.82, 2.24) is 15.5 Å². The van der Waals surface area contributed by atoms with Crippen LogP contribution in [0.4, 0.5) is 0 Å². The Balaban J connectivity index is 1.82. The van der Waals surface area contributed by atoms with E-state index in [1.54, 1.807) is 0 Å². The molecule has 6 heteroatoms. The largest absolute Gasteiger partial charge is 0.376 e. The molecule has 1 atom stereocenters. The Labute approximate surface area is 129 Å². The van der Waals surface area contributed by atoms with Gasteiger partial charge in [-0.2, -0.15) is 4.98 Å². The number of carbonyl (C=O) groups is 1. The summed E-state index contributed by atoms with van der Waals surface area (Å²) < 4.78 is 10.3. The van der Waals surface area contributed by atoms with Gasteiger partial charge in [0.2, 0.25) is 12.3 Å². The second-order valence-corrected chi connectivity index (χ2v) is 5.85. The van der Waals surface area contributed by atoms with Crippen molar-refractivity contribution in [1.29, 1.82) is 0 Å². The van der Waals surface area contributed by atoms with Crippen molar-refractivity contribution in [2.75, 3.05) is 6.61 Å². The molecule has 0 bridgehead atoms. The van der Waals surface area contributed by atoms with Crippen molar-refractivity contribution in [3.63, 3.8) is 0 Å². The molecule has 0 aliphatic carbocycles. The molecule has 0 spiro atoms. The molecule has 118 valence electrons. The summed E-state index contributed by atoms with van der Waals surface area (Å²) in [5, 5.41) is 6.59. The first-order valence-electron chi connectivity index (χ1n) is 7.18. The van der Waals surface area contributed by atoms with Crippen LogP contribution in [0.25, 0.3) is 0 Å². The van der Waals surface area contributed by atoms with Gasteiger partial charge in [-0.1, -0.05) is 35.5 Å². The van der Waals surface area contributed by atoms with Crippen molar-refractivity contribution in [2.45, 2.75) is 33.4 Å². The summed E-state index contributed by atoms with van der Waals surface area (Å²) in [5.74, 6) is 0.340. The molecule has 22 heavy (non-hydrogen) atoms. The van der Waals surface area contributed by atoms with Crippen LogP contribution >= 0.6 is 0 Å². The van der Waals surface area contributed by atoms with Gasteiger partial charge in [0.1, 0.15) is 0 Å². The van der Waals surface area contributed by atoms with Gasteiger partial charge < -0.3 is 14.6 Å². The molecular weight excluding hydrogens is 282 g/mol. The predicted octanol–water partition coefficient (Wildman–Crippen LogP) is 2.49. The van der Waals surface area contributed by atoms with Crippen molar-refractivity contribution < 1.29 is 14.1 Å². The van der Waals surface area contributed by atoms with Gasteiger partial charge in [-0.25, -0.2) is 0 Å². The van der Waals surface area contributed by atoms with Gasteiger partial charge in [-0.05, 0) is 26.3 Å². The lowest BCUT2D eigenvalue weighted by molar-refractivity contribution is -0.133. The van der Waals surface area contributed by atoms with E-state index in [4.69, 9.17) is 4.74 Å². The van der Waals surface area contributed by atoms with Gasteiger partial charge in [-0.3, -0.25) is 4.79 Å². The summed E-state index contributed by atoms with van der Waals surface area (Å²) in [6.07, 6.45) is 1.24. The Morgan fingerprint density at radius 3 is 2.73 bits per heavy atom. The molecular formula is C16H21N3O3. The van der Waals surface area contributed by atoms with Gasteiger partial charge in [0, 0.05) is 0 Å². The first kappa shape index (κ1) is 16.2. The summed E-state index contributed by atoms with van der Waals surface area (Å²) in [7, 11) is 0. The molecule has 1 N–H and O–H groups in total. The lowest BCUT2D eigenvalue weighted by Gasteiger charge is -2.25. The van der Waals surface area contributed by atoms with E-state index in [9.17, 15) is 4.79 Å². The Hall–Kier alpha value is -2.21. The number of carbonyl (C=O) groups excluding carboxylic acids is 1. The molecule has 2 rings (SSSR count). The number of rotatable bonds is 7. The molecule has 2 aromatic rings. The number of hydrogen-bond acceptors (Lipinski definition) is 5. The zero-order valence-electron chi connectivity index (χ0n) is 13.1. The fraction of sp³-hybridized carbons (Fsp3) is 0.438. The smallest absolute Gasteiger partial charge is 0.228 e. The quantitative estimate of drug-likeness (QED) is 0.850. The number of aromatic nitrogens is 2. The highest BCUT2D eigenvalue weighted by atomic mass is 16.5. The number of ether oxygens (including phenoxy) is 1. The monoisotopic (exact) mass is 303 g/mol. The topological polar surface area (TPSA) is 77.2 Å². The van der Waals surface area contributed by atoms with Crippen LogP contribution in [0.3, 0.4) is 0 Å². The van der Waals surface area contributed by atoms with Crippen LogP contribution in [0.5, 0.6) is 0 Å². The molecule has 0 saturated heterocycles. The van der Waals surface area contributed by atoms with Gasteiger partial charge in [0.05, 0.1) is 24.7 Å². The Morgan fingerprint density at radius 1 is 1.36 bits per heavy atom. The Kier molecular flexibility index (Phi) is 5.27. The van der Waals surface area contributed by atoms with E-state index < -0.39 is 5.41 Å². The zero-order chi connectivity index (χ0) is 16.0. The van der Waals surface area contributed by atoms with E-state index in [2.05, 4.69) is 20.0 Å². The number of nitrogens with zero attached hydrogens (tertiary/aromatic N) is 2. The molecule has 1 amide bonds. The molecule has 1 aromatic heterocycles. The lowest BCUT2D eigenvalue weighted by atomic mass is 9.93. The summed E-state index contributed by atoms with van der Waals surface area (Å²) in [5.41, 5.74) is 0.436. The van der Waals surface area contributed by atoms with E-state index in [-0.39, 0.29) is 11.9 Å². The van der Waals surface area contributed by atoms with Crippen LogP contribution in [0.1, 0.15) is 38.2 Å². The Bertz CT molecular complexity index is 582. The molecule has 1 aromatic carbocycles. The van der Waals surface area contributed by atoms with Crippen LogP contribution in [0.2, 0.25) is 0 Å². The molecule has 0 unspecified atom stereocenters. The highest BCUT2D eigenvalue weighted by Crippen LogP contribution is 2.19. The minimum absolute atomic E-state index is 0.113. The SMILES string of the molecule is C[C@@H](NC(=O)C(C)(C)COCc1ccccc1)c1ncon1. The third kappa shape index (κ3) is 4.39. The first-order valence-corrected chi connectivity index (χ1v) is 7.18. The van der Waals surface area contributed by atoms with Crippen molar-refractivity contribution in [3.8, 4) is 0 Å². The van der Waals surface area contributed by atoms with E-state index in [1.807, 2.05) is 51.1 Å². The average molecular weight is 303 g/mol. The summed E-state index contributed by atoms with van der Waals surface area (Å²) in [6, 6.07) is 9.56. The third-order valence-electron chi connectivity index (χ3n) is 3.30. The molecule has 0 aliphatic rings. The van der Waals surface area contributed by atoms with Crippen LogP contribution in [-0.4, -0.2) is 22.7 Å². The van der Waals surface area contributed by atoms with Crippen LogP contribution in [-0.2, 0) is 16.1 Å². The maximum Gasteiger partial charge on any atom is 0.228 e. The Morgan fingerprint density at radius 2 is 2.09 bits per heavy atom. The lowest BCUT2D eigenvalue weighted by Crippen LogP contribution is -2.41. The van der Waals surface area contributed by atoms with E-state index in [0.29, 0.717) is 19.0 Å². The van der Waals surface area contributed by atoms with E-state index in [0.717, 1.165) is 5.56 Å². The van der Waals surface area contributed by atoms with E-state index in [1.165, 1.54) is 6.39 Å². The standard InChI is InChI=1S/C16H21N3O3/c1-12(14-17-11-22-19-14)18-15(20)16(2,3)10-21-9-13-7-5-4-6-8-13/h4-8,11-12H,9-10H2,1-3H3,(H,18,20)/t12-/m1/s1. The van der Waals surface area contributed by atoms with E-state index >= 15 is 0 Å². The zero-order valence-corrected chi connectivity index (χ0v) is 13.1. The second-order valence-electron chi connectivity index (χ2n) is 5.85. The highest BCUT2D eigenvalue weighted by molar-refractivity contribution is 5.82. The van der Waals surface area contributed by atoms with Crippen molar-refractivity contribution in [2.24, 2.45) is 5.41 Å². The summed E-state index contributed by atoms with van der Waals surface area (Å²) in [4.78, 5) is 16.3. The molecule has 0 aliphatic heterocycles. The van der Waals surface area contributed by atoms with Gasteiger partial charge in [0.25, 0.3) is 0 Å². The number of hydrogen-bond donors (Lipinski definition) is 1. The maximum absolute atomic E-state index is 12.3. The second kappa shape index (κ2) is 7.17. The van der Waals surface area contributed by atoms with Crippen molar-refractivity contribution in [3.05, 3.63) is 48.1 Å². The van der Waals surface area contributed by atoms with Crippen LogP contribution in [0.15, 0.2) is 41.2 Å². The molecule has 0 fully saturated rings. The predicted molar refractivity (Wildman–Crippen MR) is 80.7 cm³/mol. The molecule has 1 heterocycles. The fourth-order valence-electron chi connectivity index (χ4n) is 1.89. The number of amides is 1. The minimum Gasteiger partial charge on any atom is -0.376 e. The molecule has 0 saturated carbocycles. The molecule has 0 radical (unpaired) electrons. The third-order valence-corrected chi connectivity index (χ3v) is 3.30. The number of benzene rings is 1. The normalized spacial score (nSPS) is 12.9. The summed E-state index contributed by atoms with van der Waals surface area (Å²) >= 11 is 0. The van der Waals surface area contributed by atoms with Crippen molar-refractivity contribution >= 4 is 5.91 Å². The molecule has 6 nitrogen and oxygen atoms in total. The van der Waals surface area contributed by atoms with Gasteiger partial charge in [0.15, 0.2) is 5.82 Å². The first-order chi connectivity index (χ1) is 10.5. The van der Waals surface area contributed by atoms with Gasteiger partial charge >= 0.3 is 0 Å². The van der Waals surface area contributed by atoms with Crippen LogP contribution < -0.4 is 5.32 Å². The summed E-state index contributed by atoms with van der Waals surface area (Å²) in [6.45, 7) is 6.31. The number of nitrogens with one attached hydrogen (secondary N) is 1. The van der Waals surface area contributed by atoms with Gasteiger partial charge in [-0.15, -0.1) is 0 Å².